The largest absolute Gasteiger partial charge is 0.451 e. The van der Waals surface area contributed by atoms with Crippen molar-refractivity contribution in [2.24, 2.45) is 0 Å². The Morgan fingerprint density at radius 2 is 2.35 bits per heavy atom. The molecule has 0 bridgehead atoms. The first kappa shape index (κ1) is 13.1. The van der Waals surface area contributed by atoms with E-state index in [0.29, 0.717) is 23.1 Å². The van der Waals surface area contributed by atoms with Gasteiger partial charge in [0.15, 0.2) is 5.76 Å². The second-order valence-corrected chi connectivity index (χ2v) is 5.17. The van der Waals surface area contributed by atoms with Crippen LogP contribution in [0, 0.1) is 12.7 Å². The highest BCUT2D eigenvalue weighted by Crippen LogP contribution is 2.29. The summed E-state index contributed by atoms with van der Waals surface area (Å²) < 4.78 is 18.9. The van der Waals surface area contributed by atoms with Gasteiger partial charge in [-0.3, -0.25) is 4.79 Å². The van der Waals surface area contributed by atoms with Gasteiger partial charge in [0.05, 0.1) is 12.6 Å². The fourth-order valence-electron chi connectivity index (χ4n) is 2.82. The molecular formula is C15H16FNO3. The standard InChI is InChI=1S/C15H16FNO3/c1-9-12-7-10(16)4-5-13(12)20-14(9)15(19)17-6-2-3-11(17)8-18/h4-5,7,11,18H,2-3,6,8H2,1H3. The molecule has 1 fully saturated rings. The van der Waals surface area contributed by atoms with Crippen LogP contribution in [0.25, 0.3) is 11.0 Å². The predicted octanol–water partition coefficient (Wildman–Crippen LogP) is 2.48. The lowest BCUT2D eigenvalue weighted by atomic mass is 10.1. The van der Waals surface area contributed by atoms with Crippen molar-refractivity contribution in [3.63, 3.8) is 0 Å². The number of aryl methyl sites for hydroxylation is 1. The molecule has 20 heavy (non-hydrogen) atoms. The second kappa shape index (κ2) is 4.90. The number of likely N-dealkylation sites (tertiary alicyclic amines) is 1. The average molecular weight is 277 g/mol. The van der Waals surface area contributed by atoms with Crippen molar-refractivity contribution < 1.29 is 18.7 Å². The van der Waals surface area contributed by atoms with Crippen molar-refractivity contribution in [1.82, 2.24) is 4.90 Å². The van der Waals surface area contributed by atoms with Crippen LogP contribution in [0.1, 0.15) is 29.0 Å². The number of rotatable bonds is 2. The molecule has 2 heterocycles. The molecule has 2 aromatic rings. The number of carbonyl (C=O) groups is 1. The zero-order valence-corrected chi connectivity index (χ0v) is 11.2. The van der Waals surface area contributed by atoms with Crippen molar-refractivity contribution in [2.75, 3.05) is 13.2 Å². The van der Waals surface area contributed by atoms with Crippen molar-refractivity contribution in [3.05, 3.63) is 35.3 Å². The summed E-state index contributed by atoms with van der Waals surface area (Å²) in [6, 6.07) is 4.07. The Labute approximate surface area is 115 Å². The molecule has 1 aliphatic rings. The number of hydrogen-bond acceptors (Lipinski definition) is 3. The molecule has 4 nitrogen and oxygen atoms in total. The van der Waals surface area contributed by atoms with Crippen molar-refractivity contribution in [2.45, 2.75) is 25.8 Å². The molecule has 1 aromatic heterocycles. The van der Waals surface area contributed by atoms with Gasteiger partial charge in [-0.05, 0) is 38.0 Å². The van der Waals surface area contributed by atoms with Gasteiger partial charge in [-0.2, -0.15) is 0 Å². The minimum atomic E-state index is -0.352. The Balaban J connectivity index is 2.01. The molecule has 0 saturated carbocycles. The van der Waals surface area contributed by atoms with Gasteiger partial charge in [-0.25, -0.2) is 4.39 Å². The monoisotopic (exact) mass is 277 g/mol. The summed E-state index contributed by atoms with van der Waals surface area (Å²) in [5, 5.41) is 9.92. The number of aliphatic hydroxyl groups is 1. The molecule has 0 radical (unpaired) electrons. The SMILES string of the molecule is Cc1c(C(=O)N2CCCC2CO)oc2ccc(F)cc12. The quantitative estimate of drug-likeness (QED) is 0.917. The van der Waals surface area contributed by atoms with Crippen molar-refractivity contribution in [3.8, 4) is 0 Å². The lowest BCUT2D eigenvalue weighted by molar-refractivity contribution is 0.0647. The average Bonchev–Trinajstić information content (AvgIpc) is 3.03. The molecule has 0 spiro atoms. The van der Waals surface area contributed by atoms with Gasteiger partial charge in [0, 0.05) is 17.5 Å². The van der Waals surface area contributed by atoms with E-state index < -0.39 is 0 Å². The number of hydrogen-bond donors (Lipinski definition) is 1. The van der Waals surface area contributed by atoms with Crippen LogP contribution in [0.2, 0.25) is 0 Å². The molecular weight excluding hydrogens is 261 g/mol. The Morgan fingerprint density at radius 3 is 3.10 bits per heavy atom. The van der Waals surface area contributed by atoms with Crippen LogP contribution in [0.3, 0.4) is 0 Å². The summed E-state index contributed by atoms with van der Waals surface area (Å²) in [7, 11) is 0. The van der Waals surface area contributed by atoms with Crippen LogP contribution < -0.4 is 0 Å². The van der Waals surface area contributed by atoms with E-state index in [1.807, 2.05) is 0 Å². The summed E-state index contributed by atoms with van der Waals surface area (Å²) in [4.78, 5) is 14.2. The zero-order valence-electron chi connectivity index (χ0n) is 11.2. The molecule has 106 valence electrons. The number of aliphatic hydroxyl groups excluding tert-OH is 1. The molecule has 1 amide bonds. The Hall–Kier alpha value is -1.88. The van der Waals surface area contributed by atoms with E-state index in [2.05, 4.69) is 0 Å². The first-order valence-corrected chi connectivity index (χ1v) is 6.72. The summed E-state index contributed by atoms with van der Waals surface area (Å²) in [5.74, 6) is -0.337. The van der Waals surface area contributed by atoms with Gasteiger partial charge in [0.2, 0.25) is 0 Å². The lowest BCUT2D eigenvalue weighted by Crippen LogP contribution is -2.37. The third kappa shape index (κ3) is 1.98. The van der Waals surface area contributed by atoms with Crippen molar-refractivity contribution in [1.29, 1.82) is 0 Å². The van der Waals surface area contributed by atoms with E-state index >= 15 is 0 Å². The molecule has 1 aliphatic heterocycles. The first-order chi connectivity index (χ1) is 9.61. The lowest BCUT2D eigenvalue weighted by Gasteiger charge is -2.22. The molecule has 1 unspecified atom stereocenters. The minimum Gasteiger partial charge on any atom is -0.451 e. The summed E-state index contributed by atoms with van der Waals surface area (Å²) in [5.41, 5.74) is 1.15. The van der Waals surface area contributed by atoms with E-state index in [4.69, 9.17) is 4.42 Å². The molecule has 1 aromatic carbocycles. The summed E-state index contributed by atoms with van der Waals surface area (Å²) in [6.45, 7) is 2.33. The topological polar surface area (TPSA) is 53.7 Å². The Bertz CT molecular complexity index is 664. The molecule has 3 rings (SSSR count). The van der Waals surface area contributed by atoms with Crippen LogP contribution in [0.15, 0.2) is 22.6 Å². The number of nitrogens with zero attached hydrogens (tertiary/aromatic N) is 1. The summed E-state index contributed by atoms with van der Waals surface area (Å²) >= 11 is 0. The highest BCUT2D eigenvalue weighted by atomic mass is 19.1. The Kier molecular flexibility index (Phi) is 3.22. The third-order valence-corrected chi connectivity index (χ3v) is 3.94. The maximum absolute atomic E-state index is 13.3. The number of halogens is 1. The predicted molar refractivity (Wildman–Crippen MR) is 72.1 cm³/mol. The first-order valence-electron chi connectivity index (χ1n) is 6.72. The van der Waals surface area contributed by atoms with Crippen LogP contribution in [0.4, 0.5) is 4.39 Å². The summed E-state index contributed by atoms with van der Waals surface area (Å²) in [6.07, 6.45) is 1.68. The molecule has 5 heteroatoms. The van der Waals surface area contributed by atoms with E-state index in [-0.39, 0.29) is 30.1 Å². The minimum absolute atomic E-state index is 0.0420. The maximum atomic E-state index is 13.3. The van der Waals surface area contributed by atoms with Gasteiger partial charge in [-0.1, -0.05) is 0 Å². The fraction of sp³-hybridized carbons (Fsp3) is 0.400. The van der Waals surface area contributed by atoms with Gasteiger partial charge in [-0.15, -0.1) is 0 Å². The van der Waals surface area contributed by atoms with Gasteiger partial charge >= 0.3 is 0 Å². The number of amides is 1. The highest BCUT2D eigenvalue weighted by molar-refractivity contribution is 5.99. The van der Waals surface area contributed by atoms with Crippen LogP contribution in [-0.2, 0) is 0 Å². The van der Waals surface area contributed by atoms with E-state index in [1.54, 1.807) is 11.8 Å². The van der Waals surface area contributed by atoms with Gasteiger partial charge < -0.3 is 14.4 Å². The molecule has 1 N–H and O–H groups in total. The molecule has 0 aliphatic carbocycles. The number of benzene rings is 1. The van der Waals surface area contributed by atoms with Crippen LogP contribution in [0.5, 0.6) is 0 Å². The zero-order chi connectivity index (χ0) is 14.3. The number of furan rings is 1. The normalized spacial score (nSPS) is 18.9. The Morgan fingerprint density at radius 1 is 1.55 bits per heavy atom. The smallest absolute Gasteiger partial charge is 0.290 e. The van der Waals surface area contributed by atoms with Gasteiger partial charge in [0.25, 0.3) is 5.91 Å². The van der Waals surface area contributed by atoms with E-state index in [9.17, 15) is 14.3 Å². The fourth-order valence-corrected chi connectivity index (χ4v) is 2.82. The van der Waals surface area contributed by atoms with Crippen molar-refractivity contribution >= 4 is 16.9 Å². The highest BCUT2D eigenvalue weighted by Gasteiger charge is 2.31. The second-order valence-electron chi connectivity index (χ2n) is 5.17. The molecule has 1 atom stereocenters. The van der Waals surface area contributed by atoms with E-state index in [1.165, 1.54) is 18.2 Å². The van der Waals surface area contributed by atoms with Gasteiger partial charge in [0.1, 0.15) is 11.4 Å². The van der Waals surface area contributed by atoms with Crippen LogP contribution in [-0.4, -0.2) is 35.1 Å². The maximum Gasteiger partial charge on any atom is 0.290 e. The number of fused-ring (bicyclic) bond motifs is 1. The van der Waals surface area contributed by atoms with E-state index in [0.717, 1.165) is 12.8 Å². The molecule has 1 saturated heterocycles. The number of carbonyl (C=O) groups excluding carboxylic acids is 1. The third-order valence-electron chi connectivity index (χ3n) is 3.94. The van der Waals surface area contributed by atoms with Crippen LogP contribution >= 0.6 is 0 Å².